The van der Waals surface area contributed by atoms with E-state index in [0.29, 0.717) is 0 Å². The van der Waals surface area contributed by atoms with E-state index < -0.39 is 5.97 Å². The predicted molar refractivity (Wildman–Crippen MR) is 55.6 cm³/mol. The standard InChI is InChI=1S/C11H10N2O2/c1-13-7-12-6-10(13)8-3-2-4-9(5-8)11(14)15/h2-7H,1H3,(H,14,15). The summed E-state index contributed by atoms with van der Waals surface area (Å²) in [7, 11) is 1.87. The highest BCUT2D eigenvalue weighted by Gasteiger charge is 2.06. The summed E-state index contributed by atoms with van der Waals surface area (Å²) >= 11 is 0. The number of carboxylic acids is 1. The Morgan fingerprint density at radius 3 is 2.87 bits per heavy atom. The SMILES string of the molecule is Cn1cncc1-c1cccc(C(=O)O)c1. The van der Waals surface area contributed by atoms with Gasteiger partial charge in [-0.1, -0.05) is 12.1 Å². The molecule has 0 unspecified atom stereocenters. The summed E-state index contributed by atoms with van der Waals surface area (Å²) in [4.78, 5) is 14.8. The van der Waals surface area contributed by atoms with Gasteiger partial charge in [0.05, 0.1) is 23.8 Å². The zero-order valence-electron chi connectivity index (χ0n) is 8.21. The maximum absolute atomic E-state index is 10.8. The number of nitrogens with zero attached hydrogens (tertiary/aromatic N) is 2. The van der Waals surface area contributed by atoms with E-state index in [-0.39, 0.29) is 5.56 Å². The Hall–Kier alpha value is -2.10. The second-order valence-electron chi connectivity index (χ2n) is 3.28. The lowest BCUT2D eigenvalue weighted by molar-refractivity contribution is 0.0697. The average Bonchev–Trinajstić information content (AvgIpc) is 2.64. The number of aromatic nitrogens is 2. The normalized spacial score (nSPS) is 10.2. The topological polar surface area (TPSA) is 55.1 Å². The molecule has 1 aromatic carbocycles. The van der Waals surface area contributed by atoms with Crippen LogP contribution in [0.3, 0.4) is 0 Å². The van der Waals surface area contributed by atoms with Crippen molar-refractivity contribution >= 4 is 5.97 Å². The summed E-state index contributed by atoms with van der Waals surface area (Å²) in [6.07, 6.45) is 3.39. The van der Waals surface area contributed by atoms with Crippen LogP contribution in [0.1, 0.15) is 10.4 Å². The maximum Gasteiger partial charge on any atom is 0.335 e. The van der Waals surface area contributed by atoms with Gasteiger partial charge >= 0.3 is 5.97 Å². The van der Waals surface area contributed by atoms with Gasteiger partial charge in [-0.15, -0.1) is 0 Å². The van der Waals surface area contributed by atoms with Gasteiger partial charge in [0.2, 0.25) is 0 Å². The van der Waals surface area contributed by atoms with Crippen LogP contribution in [0.2, 0.25) is 0 Å². The second-order valence-corrected chi connectivity index (χ2v) is 3.28. The van der Waals surface area contributed by atoms with Crippen LogP contribution in [-0.4, -0.2) is 20.6 Å². The monoisotopic (exact) mass is 202 g/mol. The van der Waals surface area contributed by atoms with Gasteiger partial charge in [-0.05, 0) is 12.1 Å². The number of carbonyl (C=O) groups is 1. The lowest BCUT2D eigenvalue weighted by Crippen LogP contribution is -1.97. The number of aryl methyl sites for hydroxylation is 1. The highest BCUT2D eigenvalue weighted by atomic mass is 16.4. The molecule has 0 fully saturated rings. The van der Waals surface area contributed by atoms with E-state index in [0.717, 1.165) is 11.3 Å². The summed E-state index contributed by atoms with van der Waals surface area (Å²) < 4.78 is 1.85. The highest BCUT2D eigenvalue weighted by molar-refractivity contribution is 5.89. The van der Waals surface area contributed by atoms with Gasteiger partial charge in [0.15, 0.2) is 0 Å². The molecule has 0 bridgehead atoms. The molecule has 1 aromatic heterocycles. The Kier molecular flexibility index (Phi) is 2.25. The highest BCUT2D eigenvalue weighted by Crippen LogP contribution is 2.19. The van der Waals surface area contributed by atoms with Gasteiger partial charge in [0.1, 0.15) is 0 Å². The van der Waals surface area contributed by atoms with Crippen molar-refractivity contribution in [1.82, 2.24) is 9.55 Å². The van der Waals surface area contributed by atoms with Crippen LogP contribution in [0.15, 0.2) is 36.8 Å². The van der Waals surface area contributed by atoms with E-state index in [4.69, 9.17) is 5.11 Å². The van der Waals surface area contributed by atoms with Crippen LogP contribution >= 0.6 is 0 Å². The van der Waals surface area contributed by atoms with Crippen molar-refractivity contribution in [2.75, 3.05) is 0 Å². The van der Waals surface area contributed by atoms with Gasteiger partial charge in [-0.25, -0.2) is 9.78 Å². The first-order chi connectivity index (χ1) is 7.18. The zero-order chi connectivity index (χ0) is 10.8. The zero-order valence-corrected chi connectivity index (χ0v) is 8.21. The van der Waals surface area contributed by atoms with Crippen molar-refractivity contribution in [3.05, 3.63) is 42.4 Å². The minimum atomic E-state index is -0.918. The number of imidazole rings is 1. The number of hydrogen-bond acceptors (Lipinski definition) is 2. The fourth-order valence-electron chi connectivity index (χ4n) is 1.45. The molecule has 0 radical (unpaired) electrons. The first kappa shape index (κ1) is 9.45. The Balaban J connectivity index is 2.50. The number of hydrogen-bond donors (Lipinski definition) is 1. The second kappa shape index (κ2) is 3.57. The van der Waals surface area contributed by atoms with Crippen molar-refractivity contribution < 1.29 is 9.90 Å². The van der Waals surface area contributed by atoms with E-state index >= 15 is 0 Å². The minimum absolute atomic E-state index is 0.286. The lowest BCUT2D eigenvalue weighted by atomic mass is 10.1. The van der Waals surface area contributed by atoms with Gasteiger partial charge in [-0.3, -0.25) is 0 Å². The molecule has 0 aliphatic carbocycles. The predicted octanol–water partition coefficient (Wildman–Crippen LogP) is 1.79. The molecule has 2 aromatic rings. The molecule has 0 spiro atoms. The fraction of sp³-hybridized carbons (Fsp3) is 0.0909. The van der Waals surface area contributed by atoms with Gasteiger partial charge in [0, 0.05) is 12.6 Å². The molecule has 4 heteroatoms. The summed E-state index contributed by atoms with van der Waals surface area (Å²) in [5.74, 6) is -0.918. The van der Waals surface area contributed by atoms with Crippen LogP contribution in [0, 0.1) is 0 Å². The summed E-state index contributed by atoms with van der Waals surface area (Å²) in [5.41, 5.74) is 2.04. The average molecular weight is 202 g/mol. The van der Waals surface area contributed by atoms with Crippen LogP contribution in [0.25, 0.3) is 11.3 Å². The third-order valence-electron chi connectivity index (χ3n) is 2.22. The van der Waals surface area contributed by atoms with Crippen molar-refractivity contribution in [1.29, 1.82) is 0 Å². The van der Waals surface area contributed by atoms with Crippen LogP contribution in [0.4, 0.5) is 0 Å². The summed E-state index contributed by atoms with van der Waals surface area (Å²) in [6.45, 7) is 0. The summed E-state index contributed by atoms with van der Waals surface area (Å²) in [5, 5.41) is 8.85. The fourth-order valence-corrected chi connectivity index (χ4v) is 1.45. The Bertz CT molecular complexity index is 503. The van der Waals surface area contributed by atoms with E-state index in [1.165, 1.54) is 0 Å². The summed E-state index contributed by atoms with van der Waals surface area (Å²) in [6, 6.07) is 6.80. The van der Waals surface area contributed by atoms with Crippen molar-refractivity contribution in [2.45, 2.75) is 0 Å². The molecule has 0 amide bonds. The third-order valence-corrected chi connectivity index (χ3v) is 2.22. The molecule has 1 heterocycles. The number of benzene rings is 1. The molecule has 1 N–H and O–H groups in total. The molecule has 0 atom stereocenters. The molecule has 76 valence electrons. The van der Waals surface area contributed by atoms with Crippen LogP contribution in [-0.2, 0) is 7.05 Å². The van der Waals surface area contributed by atoms with Crippen molar-refractivity contribution in [3.63, 3.8) is 0 Å². The molecule has 0 aliphatic rings. The van der Waals surface area contributed by atoms with E-state index in [9.17, 15) is 4.79 Å². The smallest absolute Gasteiger partial charge is 0.335 e. The molecule has 15 heavy (non-hydrogen) atoms. The number of carboxylic acid groups (broad SMARTS) is 1. The van der Waals surface area contributed by atoms with Crippen LogP contribution < -0.4 is 0 Å². The molecule has 0 saturated carbocycles. The van der Waals surface area contributed by atoms with E-state index in [2.05, 4.69) is 4.98 Å². The molecule has 4 nitrogen and oxygen atoms in total. The Morgan fingerprint density at radius 2 is 2.27 bits per heavy atom. The molecule has 2 rings (SSSR count). The van der Waals surface area contributed by atoms with Crippen LogP contribution in [0.5, 0.6) is 0 Å². The first-order valence-corrected chi connectivity index (χ1v) is 4.48. The molecular weight excluding hydrogens is 192 g/mol. The maximum atomic E-state index is 10.8. The minimum Gasteiger partial charge on any atom is -0.478 e. The first-order valence-electron chi connectivity index (χ1n) is 4.48. The molecule has 0 aliphatic heterocycles. The lowest BCUT2D eigenvalue weighted by Gasteiger charge is -2.02. The van der Waals surface area contributed by atoms with E-state index in [1.807, 2.05) is 17.7 Å². The Labute approximate surface area is 86.8 Å². The van der Waals surface area contributed by atoms with Gasteiger partial charge in [0.25, 0.3) is 0 Å². The van der Waals surface area contributed by atoms with Crippen molar-refractivity contribution in [2.24, 2.45) is 7.05 Å². The largest absolute Gasteiger partial charge is 0.478 e. The number of aromatic carboxylic acids is 1. The van der Waals surface area contributed by atoms with E-state index in [1.54, 1.807) is 30.7 Å². The number of rotatable bonds is 2. The molecule has 0 saturated heterocycles. The quantitative estimate of drug-likeness (QED) is 0.807. The Morgan fingerprint density at radius 1 is 1.47 bits per heavy atom. The van der Waals surface area contributed by atoms with Crippen molar-refractivity contribution in [3.8, 4) is 11.3 Å². The van der Waals surface area contributed by atoms with Gasteiger partial charge < -0.3 is 9.67 Å². The third kappa shape index (κ3) is 1.74. The van der Waals surface area contributed by atoms with Gasteiger partial charge in [-0.2, -0.15) is 0 Å². The molecular formula is C11H10N2O2.